The van der Waals surface area contributed by atoms with Crippen LogP contribution in [0.25, 0.3) is 0 Å². The monoisotopic (exact) mass is 196 g/mol. The summed E-state index contributed by atoms with van der Waals surface area (Å²) in [5, 5.41) is 16.1. The topological polar surface area (TPSA) is 87.2 Å². The first-order valence-corrected chi connectivity index (χ1v) is 4.63. The summed E-state index contributed by atoms with van der Waals surface area (Å²) in [6.07, 6.45) is 2.23. The lowest BCUT2D eigenvalue weighted by molar-refractivity contribution is -0.129. The van der Waals surface area contributed by atoms with Gasteiger partial charge in [0.15, 0.2) is 0 Å². The second-order valence-electron chi connectivity index (χ2n) is 4.52. The average molecular weight is 196 g/mol. The van der Waals surface area contributed by atoms with Crippen LogP contribution >= 0.6 is 0 Å². The molecular weight excluding hydrogens is 180 g/mol. The van der Waals surface area contributed by atoms with Gasteiger partial charge in [-0.05, 0) is 24.7 Å². The molecule has 0 aliphatic heterocycles. The highest BCUT2D eigenvalue weighted by atomic mass is 16.4. The molecule has 0 heterocycles. The van der Waals surface area contributed by atoms with Crippen molar-refractivity contribution in [3.05, 3.63) is 11.3 Å². The quantitative estimate of drug-likeness (QED) is 0.585. The van der Waals surface area contributed by atoms with Gasteiger partial charge >= 0.3 is 5.97 Å². The summed E-state index contributed by atoms with van der Waals surface area (Å²) >= 11 is 0. The minimum absolute atomic E-state index is 0.0555. The summed E-state index contributed by atoms with van der Waals surface area (Å²) in [6.45, 7) is 4.13. The van der Waals surface area contributed by atoms with Crippen molar-refractivity contribution in [3.8, 4) is 0 Å². The summed E-state index contributed by atoms with van der Waals surface area (Å²) in [4.78, 5) is 10.6. The zero-order chi connectivity index (χ0) is 10.9. The van der Waals surface area contributed by atoms with Gasteiger partial charge < -0.3 is 10.8 Å². The molecule has 0 fully saturated rings. The van der Waals surface area contributed by atoms with E-state index in [1.807, 2.05) is 0 Å². The lowest BCUT2D eigenvalue weighted by Gasteiger charge is -2.31. The highest BCUT2D eigenvalue weighted by molar-refractivity contribution is 6.41. The number of carboxylic acids is 1. The molecule has 0 aromatic carbocycles. The SMILES string of the molecule is CC1(C)CCC(N)=C(C(=N)C(=O)O)C1. The van der Waals surface area contributed by atoms with Gasteiger partial charge in [0.1, 0.15) is 5.71 Å². The molecule has 4 N–H and O–H groups in total. The molecule has 0 unspecified atom stereocenters. The van der Waals surface area contributed by atoms with Gasteiger partial charge in [-0.25, -0.2) is 4.79 Å². The fourth-order valence-corrected chi connectivity index (χ4v) is 1.68. The number of carbonyl (C=O) groups is 1. The summed E-state index contributed by atoms with van der Waals surface area (Å²) in [6, 6.07) is 0. The van der Waals surface area contributed by atoms with Crippen LogP contribution in [0.4, 0.5) is 0 Å². The first-order chi connectivity index (χ1) is 6.33. The number of aliphatic carboxylic acids is 1. The molecule has 78 valence electrons. The van der Waals surface area contributed by atoms with Gasteiger partial charge in [0, 0.05) is 11.3 Å². The zero-order valence-electron chi connectivity index (χ0n) is 8.55. The lowest BCUT2D eigenvalue weighted by Crippen LogP contribution is -2.28. The number of nitrogens with two attached hydrogens (primary N) is 1. The Bertz CT molecular complexity index is 316. The van der Waals surface area contributed by atoms with E-state index in [1.165, 1.54) is 0 Å². The van der Waals surface area contributed by atoms with Crippen LogP contribution in [0, 0.1) is 10.8 Å². The van der Waals surface area contributed by atoms with Crippen LogP contribution in [0.2, 0.25) is 0 Å². The van der Waals surface area contributed by atoms with Crippen molar-refractivity contribution in [2.24, 2.45) is 11.1 Å². The fraction of sp³-hybridized carbons (Fsp3) is 0.600. The van der Waals surface area contributed by atoms with Crippen molar-refractivity contribution >= 4 is 11.7 Å². The van der Waals surface area contributed by atoms with Crippen molar-refractivity contribution in [2.45, 2.75) is 33.1 Å². The van der Waals surface area contributed by atoms with Crippen LogP contribution in [0.3, 0.4) is 0 Å². The molecule has 0 spiro atoms. The number of hydrogen-bond acceptors (Lipinski definition) is 3. The van der Waals surface area contributed by atoms with Gasteiger partial charge in [0.2, 0.25) is 0 Å². The molecule has 0 aromatic heterocycles. The highest BCUT2D eigenvalue weighted by Crippen LogP contribution is 2.37. The fourth-order valence-electron chi connectivity index (χ4n) is 1.68. The van der Waals surface area contributed by atoms with Gasteiger partial charge in [-0.15, -0.1) is 0 Å². The minimum atomic E-state index is -1.19. The van der Waals surface area contributed by atoms with Crippen molar-refractivity contribution in [3.63, 3.8) is 0 Å². The summed E-state index contributed by atoms with van der Waals surface area (Å²) in [5.74, 6) is -1.19. The molecular formula is C10H16N2O2. The third kappa shape index (κ3) is 2.13. The van der Waals surface area contributed by atoms with Crippen LogP contribution in [0.15, 0.2) is 11.3 Å². The Morgan fingerprint density at radius 1 is 1.57 bits per heavy atom. The summed E-state index contributed by atoms with van der Waals surface area (Å²) < 4.78 is 0. The van der Waals surface area contributed by atoms with Crippen molar-refractivity contribution < 1.29 is 9.90 Å². The maximum Gasteiger partial charge on any atom is 0.354 e. The molecule has 0 bridgehead atoms. The first kappa shape index (κ1) is 10.8. The van der Waals surface area contributed by atoms with Gasteiger partial charge in [-0.1, -0.05) is 13.8 Å². The molecule has 1 rings (SSSR count). The van der Waals surface area contributed by atoms with E-state index in [0.717, 1.165) is 6.42 Å². The normalized spacial score (nSPS) is 20.7. The molecule has 0 radical (unpaired) electrons. The largest absolute Gasteiger partial charge is 0.477 e. The Kier molecular flexibility index (Phi) is 2.64. The summed E-state index contributed by atoms with van der Waals surface area (Å²) in [7, 11) is 0. The Hall–Kier alpha value is -1.32. The van der Waals surface area contributed by atoms with Crippen LogP contribution in [0.1, 0.15) is 33.1 Å². The van der Waals surface area contributed by atoms with E-state index in [0.29, 0.717) is 24.1 Å². The van der Waals surface area contributed by atoms with Gasteiger partial charge in [-0.3, -0.25) is 5.41 Å². The standard InChI is InChI=1S/C10H16N2O2/c1-10(2)4-3-7(11)6(5-10)8(12)9(13)14/h12H,3-5,11H2,1-2H3,(H,13,14). The number of hydrogen-bond donors (Lipinski definition) is 3. The van der Waals surface area contributed by atoms with Crippen molar-refractivity contribution in [2.75, 3.05) is 0 Å². The van der Waals surface area contributed by atoms with E-state index in [4.69, 9.17) is 16.2 Å². The predicted octanol–water partition coefficient (Wildman–Crippen LogP) is 1.51. The van der Waals surface area contributed by atoms with Crippen LogP contribution in [0.5, 0.6) is 0 Å². The number of rotatable bonds is 2. The Labute approximate surface area is 83.3 Å². The van der Waals surface area contributed by atoms with Crippen LogP contribution < -0.4 is 5.73 Å². The second kappa shape index (κ2) is 3.44. The Morgan fingerprint density at radius 2 is 2.14 bits per heavy atom. The van der Waals surface area contributed by atoms with Crippen LogP contribution in [-0.2, 0) is 4.79 Å². The van der Waals surface area contributed by atoms with Crippen molar-refractivity contribution in [1.82, 2.24) is 0 Å². The van der Waals surface area contributed by atoms with E-state index < -0.39 is 5.97 Å². The summed E-state index contributed by atoms with van der Waals surface area (Å²) in [5.41, 5.74) is 6.49. The molecule has 0 atom stereocenters. The molecule has 0 saturated carbocycles. The molecule has 4 heteroatoms. The Morgan fingerprint density at radius 3 is 2.64 bits per heavy atom. The molecule has 0 amide bonds. The maximum atomic E-state index is 10.6. The molecule has 0 saturated heterocycles. The maximum absolute atomic E-state index is 10.6. The number of allylic oxidation sites excluding steroid dienone is 1. The smallest absolute Gasteiger partial charge is 0.354 e. The van der Waals surface area contributed by atoms with Crippen LogP contribution in [-0.4, -0.2) is 16.8 Å². The van der Waals surface area contributed by atoms with E-state index in [1.54, 1.807) is 0 Å². The zero-order valence-corrected chi connectivity index (χ0v) is 8.55. The van der Waals surface area contributed by atoms with E-state index in [2.05, 4.69) is 13.8 Å². The molecule has 1 aliphatic carbocycles. The van der Waals surface area contributed by atoms with E-state index in [-0.39, 0.29) is 11.1 Å². The van der Waals surface area contributed by atoms with E-state index in [9.17, 15) is 4.79 Å². The minimum Gasteiger partial charge on any atom is -0.477 e. The number of carboxylic acid groups (broad SMARTS) is 1. The lowest BCUT2D eigenvalue weighted by atomic mass is 9.75. The van der Waals surface area contributed by atoms with Gasteiger partial charge in [-0.2, -0.15) is 0 Å². The molecule has 1 aliphatic rings. The third-order valence-electron chi connectivity index (χ3n) is 2.63. The molecule has 4 nitrogen and oxygen atoms in total. The third-order valence-corrected chi connectivity index (χ3v) is 2.63. The Balaban J connectivity index is 2.96. The average Bonchev–Trinajstić information content (AvgIpc) is 2.08. The molecule has 14 heavy (non-hydrogen) atoms. The predicted molar refractivity (Wildman–Crippen MR) is 54.2 cm³/mol. The highest BCUT2D eigenvalue weighted by Gasteiger charge is 2.29. The van der Waals surface area contributed by atoms with E-state index >= 15 is 0 Å². The van der Waals surface area contributed by atoms with Crippen molar-refractivity contribution in [1.29, 1.82) is 5.41 Å². The second-order valence-corrected chi connectivity index (χ2v) is 4.52. The number of nitrogens with one attached hydrogen (secondary N) is 1. The van der Waals surface area contributed by atoms with Gasteiger partial charge in [0.05, 0.1) is 0 Å². The first-order valence-electron chi connectivity index (χ1n) is 4.63. The molecule has 0 aromatic rings. The van der Waals surface area contributed by atoms with Gasteiger partial charge in [0.25, 0.3) is 0 Å².